The quantitative estimate of drug-likeness (QED) is 0.639. The van der Waals surface area contributed by atoms with Crippen LogP contribution in [0.15, 0.2) is 60.7 Å². The first-order valence-electron chi connectivity index (χ1n) is 5.57. The monoisotopic (exact) mass is 239 g/mol. The average Bonchev–Trinajstić information content (AvgIpc) is 2.40. The van der Waals surface area contributed by atoms with Crippen LogP contribution < -0.4 is 5.32 Å². The molecule has 3 heteroatoms. The van der Waals surface area contributed by atoms with Crippen molar-refractivity contribution in [2.24, 2.45) is 0 Å². The number of aromatic hydroxyl groups is 1. The van der Waals surface area contributed by atoms with Gasteiger partial charge in [-0.05, 0) is 35.9 Å². The molecule has 3 nitrogen and oxygen atoms in total. The molecule has 0 aliphatic heterocycles. The molecule has 0 heterocycles. The van der Waals surface area contributed by atoms with E-state index < -0.39 is 0 Å². The molecule has 90 valence electrons. The van der Waals surface area contributed by atoms with Gasteiger partial charge < -0.3 is 10.4 Å². The lowest BCUT2D eigenvalue weighted by atomic mass is 10.2. The van der Waals surface area contributed by atoms with Gasteiger partial charge in [0, 0.05) is 11.8 Å². The van der Waals surface area contributed by atoms with Crippen LogP contribution in [0.3, 0.4) is 0 Å². The van der Waals surface area contributed by atoms with Crippen molar-refractivity contribution in [2.45, 2.75) is 0 Å². The number of rotatable bonds is 3. The summed E-state index contributed by atoms with van der Waals surface area (Å²) in [6, 6.07) is 15.9. The minimum atomic E-state index is -0.204. The van der Waals surface area contributed by atoms with Gasteiger partial charge in [-0.25, -0.2) is 0 Å². The van der Waals surface area contributed by atoms with Crippen LogP contribution in [0.25, 0.3) is 6.08 Å². The SMILES string of the molecule is O=C(C=Cc1ccccc1)Nc1ccc(O)cc1. The van der Waals surface area contributed by atoms with Gasteiger partial charge in [-0.1, -0.05) is 30.3 Å². The number of anilines is 1. The van der Waals surface area contributed by atoms with E-state index in [2.05, 4.69) is 5.32 Å². The van der Waals surface area contributed by atoms with Crippen LogP contribution >= 0.6 is 0 Å². The lowest BCUT2D eigenvalue weighted by Gasteiger charge is -2.01. The lowest BCUT2D eigenvalue weighted by molar-refractivity contribution is -0.111. The summed E-state index contributed by atoms with van der Waals surface area (Å²) in [4.78, 5) is 11.6. The van der Waals surface area contributed by atoms with E-state index in [4.69, 9.17) is 5.11 Å². The second-order valence-electron chi connectivity index (χ2n) is 3.78. The topological polar surface area (TPSA) is 49.3 Å². The summed E-state index contributed by atoms with van der Waals surface area (Å²) in [5.74, 6) is -0.0302. The van der Waals surface area contributed by atoms with Gasteiger partial charge in [0.1, 0.15) is 5.75 Å². The molecule has 0 bridgehead atoms. The van der Waals surface area contributed by atoms with Crippen molar-refractivity contribution >= 4 is 17.7 Å². The van der Waals surface area contributed by atoms with Gasteiger partial charge in [-0.3, -0.25) is 4.79 Å². The van der Waals surface area contributed by atoms with E-state index in [1.807, 2.05) is 30.3 Å². The molecule has 0 saturated carbocycles. The number of carbonyl (C=O) groups excluding carboxylic acids is 1. The Morgan fingerprint density at radius 2 is 1.67 bits per heavy atom. The summed E-state index contributed by atoms with van der Waals surface area (Å²) in [5, 5.41) is 11.8. The Bertz CT molecular complexity index is 544. The molecule has 2 N–H and O–H groups in total. The van der Waals surface area contributed by atoms with Crippen molar-refractivity contribution in [3.05, 3.63) is 66.2 Å². The van der Waals surface area contributed by atoms with Crippen molar-refractivity contribution in [2.75, 3.05) is 5.32 Å². The molecular formula is C15H13NO2. The van der Waals surface area contributed by atoms with E-state index in [1.165, 1.54) is 18.2 Å². The highest BCUT2D eigenvalue weighted by atomic mass is 16.3. The Kier molecular flexibility index (Phi) is 3.76. The second-order valence-corrected chi connectivity index (χ2v) is 3.78. The number of phenolic OH excluding ortho intramolecular Hbond substituents is 1. The molecule has 0 aliphatic rings. The molecule has 0 saturated heterocycles. The molecule has 0 spiro atoms. The summed E-state index contributed by atoms with van der Waals surface area (Å²) < 4.78 is 0. The van der Waals surface area contributed by atoms with E-state index in [0.717, 1.165) is 5.56 Å². The third-order valence-corrected chi connectivity index (χ3v) is 2.36. The largest absolute Gasteiger partial charge is 0.508 e. The molecule has 2 aromatic rings. The van der Waals surface area contributed by atoms with Gasteiger partial charge in [0.2, 0.25) is 5.91 Å². The summed E-state index contributed by atoms with van der Waals surface area (Å²) in [6.45, 7) is 0. The number of amides is 1. The summed E-state index contributed by atoms with van der Waals surface area (Å²) in [5.41, 5.74) is 1.62. The Labute approximate surface area is 105 Å². The number of hydrogen-bond acceptors (Lipinski definition) is 2. The fraction of sp³-hybridized carbons (Fsp3) is 0. The maximum atomic E-state index is 11.6. The van der Waals surface area contributed by atoms with E-state index in [1.54, 1.807) is 18.2 Å². The first-order chi connectivity index (χ1) is 8.74. The Morgan fingerprint density at radius 1 is 1.00 bits per heavy atom. The van der Waals surface area contributed by atoms with Crippen molar-refractivity contribution in [1.82, 2.24) is 0 Å². The van der Waals surface area contributed by atoms with Crippen LogP contribution in [0.2, 0.25) is 0 Å². The highest BCUT2D eigenvalue weighted by Crippen LogP contribution is 2.13. The first kappa shape index (κ1) is 11.9. The maximum absolute atomic E-state index is 11.6. The van der Waals surface area contributed by atoms with E-state index in [-0.39, 0.29) is 11.7 Å². The average molecular weight is 239 g/mol. The molecule has 1 amide bonds. The number of benzene rings is 2. The van der Waals surface area contributed by atoms with Crippen molar-refractivity contribution < 1.29 is 9.90 Å². The van der Waals surface area contributed by atoms with E-state index in [0.29, 0.717) is 5.69 Å². The van der Waals surface area contributed by atoms with Gasteiger partial charge in [0.05, 0.1) is 0 Å². The summed E-state index contributed by atoms with van der Waals surface area (Å²) >= 11 is 0. The fourth-order valence-corrected chi connectivity index (χ4v) is 1.46. The van der Waals surface area contributed by atoms with Crippen molar-refractivity contribution in [1.29, 1.82) is 0 Å². The fourth-order valence-electron chi connectivity index (χ4n) is 1.46. The molecule has 0 atom stereocenters. The van der Waals surface area contributed by atoms with Crippen LogP contribution in [0.4, 0.5) is 5.69 Å². The summed E-state index contributed by atoms with van der Waals surface area (Å²) in [6.07, 6.45) is 3.22. The predicted molar refractivity (Wildman–Crippen MR) is 72.2 cm³/mol. The smallest absolute Gasteiger partial charge is 0.248 e. The lowest BCUT2D eigenvalue weighted by Crippen LogP contribution is -2.07. The van der Waals surface area contributed by atoms with Crippen LogP contribution in [-0.4, -0.2) is 11.0 Å². The second kappa shape index (κ2) is 5.68. The van der Waals surface area contributed by atoms with E-state index >= 15 is 0 Å². The number of phenols is 1. The summed E-state index contributed by atoms with van der Waals surface area (Å²) in [7, 11) is 0. The molecular weight excluding hydrogens is 226 g/mol. The Balaban J connectivity index is 1.97. The van der Waals surface area contributed by atoms with Gasteiger partial charge in [-0.15, -0.1) is 0 Å². The van der Waals surface area contributed by atoms with Gasteiger partial charge in [0.15, 0.2) is 0 Å². The first-order valence-corrected chi connectivity index (χ1v) is 5.57. The van der Waals surface area contributed by atoms with Crippen LogP contribution in [0.5, 0.6) is 5.75 Å². The van der Waals surface area contributed by atoms with Crippen molar-refractivity contribution in [3.8, 4) is 5.75 Å². The molecule has 0 unspecified atom stereocenters. The molecule has 18 heavy (non-hydrogen) atoms. The minimum absolute atomic E-state index is 0.174. The van der Waals surface area contributed by atoms with Crippen molar-refractivity contribution in [3.63, 3.8) is 0 Å². The molecule has 0 aliphatic carbocycles. The van der Waals surface area contributed by atoms with Gasteiger partial charge in [-0.2, -0.15) is 0 Å². The van der Waals surface area contributed by atoms with Crippen LogP contribution in [0, 0.1) is 0 Å². The van der Waals surface area contributed by atoms with Crippen LogP contribution in [-0.2, 0) is 4.79 Å². The zero-order chi connectivity index (χ0) is 12.8. The third kappa shape index (κ3) is 3.49. The molecule has 0 radical (unpaired) electrons. The molecule has 2 aromatic carbocycles. The van der Waals surface area contributed by atoms with E-state index in [9.17, 15) is 4.79 Å². The number of hydrogen-bond donors (Lipinski definition) is 2. The standard InChI is InChI=1S/C15H13NO2/c17-14-9-7-13(8-10-14)16-15(18)11-6-12-4-2-1-3-5-12/h1-11,17H,(H,16,18). The van der Waals surface area contributed by atoms with Gasteiger partial charge in [0.25, 0.3) is 0 Å². The normalized spacial score (nSPS) is 10.4. The van der Waals surface area contributed by atoms with Gasteiger partial charge >= 0.3 is 0 Å². The molecule has 2 rings (SSSR count). The predicted octanol–water partition coefficient (Wildman–Crippen LogP) is 3.04. The highest BCUT2D eigenvalue weighted by molar-refractivity contribution is 6.01. The Hall–Kier alpha value is -2.55. The maximum Gasteiger partial charge on any atom is 0.248 e. The minimum Gasteiger partial charge on any atom is -0.508 e. The third-order valence-electron chi connectivity index (χ3n) is 2.36. The zero-order valence-corrected chi connectivity index (χ0v) is 9.71. The number of nitrogens with one attached hydrogen (secondary N) is 1. The number of carbonyl (C=O) groups is 1. The Morgan fingerprint density at radius 3 is 2.33 bits per heavy atom. The zero-order valence-electron chi connectivity index (χ0n) is 9.71. The molecule has 0 aromatic heterocycles. The van der Waals surface area contributed by atoms with Crippen LogP contribution in [0.1, 0.15) is 5.56 Å². The molecule has 0 fully saturated rings. The highest BCUT2D eigenvalue weighted by Gasteiger charge is 1.97.